The van der Waals surface area contributed by atoms with Crippen LogP contribution >= 0.6 is 0 Å². The second kappa shape index (κ2) is 13.5. The van der Waals surface area contributed by atoms with Gasteiger partial charge >= 0.3 is 6.18 Å². The number of alkyl halides is 3. The van der Waals surface area contributed by atoms with Crippen molar-refractivity contribution < 1.29 is 32.2 Å². The molecule has 0 atom stereocenters. The molecule has 2 heterocycles. The van der Waals surface area contributed by atoms with Crippen molar-refractivity contribution in [2.24, 2.45) is 0 Å². The van der Waals surface area contributed by atoms with Gasteiger partial charge in [-0.25, -0.2) is 0 Å². The van der Waals surface area contributed by atoms with Gasteiger partial charge in [0.05, 0.1) is 38.6 Å². The summed E-state index contributed by atoms with van der Waals surface area (Å²) in [5.41, 5.74) is 3.13. The number of nitrogens with zero attached hydrogens (tertiary/aromatic N) is 4. The minimum absolute atomic E-state index is 0.0511. The lowest BCUT2D eigenvalue weighted by Crippen LogP contribution is -2.32. The second-order valence-corrected chi connectivity index (χ2v) is 12.0. The standard InChI is InChI=1S/C36H39F3N4O4/c1-23-18-24(12-14-27(23)28-10-7-8-11-29(28)36(37,38)39)34(44)43-22-26-13-15-30(35(45)41(4)17-9-16-40(2)3)42(26)21-25-19-32(46-5)33(47-6)20-31(25)43/h7-8,10-15,18-20H,9,16-17,21-22H2,1-6H3. The van der Waals surface area contributed by atoms with Gasteiger partial charge < -0.3 is 28.7 Å². The average molecular weight is 649 g/mol. The van der Waals surface area contributed by atoms with Crippen molar-refractivity contribution in [2.45, 2.75) is 32.6 Å². The van der Waals surface area contributed by atoms with Crippen molar-refractivity contribution in [3.8, 4) is 22.6 Å². The lowest BCUT2D eigenvalue weighted by molar-refractivity contribution is -0.137. The highest BCUT2D eigenvalue weighted by Crippen LogP contribution is 2.41. The van der Waals surface area contributed by atoms with Crippen molar-refractivity contribution in [1.29, 1.82) is 0 Å². The quantitative estimate of drug-likeness (QED) is 0.201. The van der Waals surface area contributed by atoms with Crippen LogP contribution in [0.1, 0.15) is 49.7 Å². The second-order valence-electron chi connectivity index (χ2n) is 12.0. The third kappa shape index (κ3) is 6.85. The van der Waals surface area contributed by atoms with Crippen LogP contribution in [0, 0.1) is 6.92 Å². The first-order valence-electron chi connectivity index (χ1n) is 15.3. The highest BCUT2D eigenvalue weighted by atomic mass is 19.4. The number of aryl methyl sites for hydroxylation is 1. The Kier molecular flexibility index (Phi) is 9.67. The van der Waals surface area contributed by atoms with E-state index >= 15 is 0 Å². The van der Waals surface area contributed by atoms with Crippen LogP contribution in [0.4, 0.5) is 18.9 Å². The van der Waals surface area contributed by atoms with E-state index in [-0.39, 0.29) is 23.9 Å². The number of ether oxygens (including phenoxy) is 2. The van der Waals surface area contributed by atoms with Gasteiger partial charge in [0.1, 0.15) is 5.69 Å². The van der Waals surface area contributed by atoms with Crippen molar-refractivity contribution in [3.05, 3.63) is 100 Å². The first kappa shape index (κ1) is 33.6. The van der Waals surface area contributed by atoms with Crippen LogP contribution in [0.5, 0.6) is 11.5 Å². The van der Waals surface area contributed by atoms with Crippen LogP contribution in [0.25, 0.3) is 11.1 Å². The van der Waals surface area contributed by atoms with E-state index < -0.39 is 11.7 Å². The Morgan fingerprint density at radius 3 is 2.21 bits per heavy atom. The molecule has 0 radical (unpaired) electrons. The summed E-state index contributed by atoms with van der Waals surface area (Å²) >= 11 is 0. The number of hydrogen-bond acceptors (Lipinski definition) is 5. The molecule has 3 aromatic carbocycles. The van der Waals surface area contributed by atoms with Crippen molar-refractivity contribution >= 4 is 17.5 Å². The van der Waals surface area contributed by atoms with E-state index in [1.54, 1.807) is 66.2 Å². The van der Waals surface area contributed by atoms with Crippen molar-refractivity contribution in [1.82, 2.24) is 14.4 Å². The van der Waals surface area contributed by atoms with Gasteiger partial charge in [0.25, 0.3) is 11.8 Å². The molecule has 4 aromatic rings. The lowest BCUT2D eigenvalue weighted by Gasteiger charge is -2.24. The fourth-order valence-corrected chi connectivity index (χ4v) is 6.05. The summed E-state index contributed by atoms with van der Waals surface area (Å²) in [6.07, 6.45) is -3.70. The fourth-order valence-electron chi connectivity index (χ4n) is 6.05. The molecule has 5 rings (SSSR count). The number of anilines is 1. The van der Waals surface area contributed by atoms with E-state index in [0.717, 1.165) is 30.3 Å². The Balaban J connectivity index is 1.54. The third-order valence-electron chi connectivity index (χ3n) is 8.50. The molecule has 0 unspecified atom stereocenters. The predicted molar refractivity (Wildman–Crippen MR) is 175 cm³/mol. The summed E-state index contributed by atoms with van der Waals surface area (Å²) < 4.78 is 54.5. The zero-order chi connectivity index (χ0) is 34.0. The number of aromatic nitrogens is 1. The summed E-state index contributed by atoms with van der Waals surface area (Å²) in [5.74, 6) is 0.442. The maximum atomic E-state index is 14.3. The number of halogens is 3. The van der Waals surface area contributed by atoms with E-state index in [0.29, 0.717) is 52.7 Å². The van der Waals surface area contributed by atoms with Crippen LogP contribution in [-0.4, -0.2) is 74.6 Å². The number of methoxy groups -OCH3 is 2. The van der Waals surface area contributed by atoms with Gasteiger partial charge in [-0.1, -0.05) is 24.3 Å². The molecule has 2 amide bonds. The topological polar surface area (TPSA) is 67.2 Å². The molecule has 11 heteroatoms. The number of hydrogen-bond donors (Lipinski definition) is 0. The monoisotopic (exact) mass is 648 g/mol. The van der Waals surface area contributed by atoms with Gasteiger partial charge in [-0.05, 0) is 92.6 Å². The smallest absolute Gasteiger partial charge is 0.417 e. The number of fused-ring (bicyclic) bond motifs is 2. The van der Waals surface area contributed by atoms with Crippen LogP contribution in [-0.2, 0) is 19.3 Å². The average Bonchev–Trinajstić information content (AvgIpc) is 3.36. The van der Waals surface area contributed by atoms with Gasteiger partial charge in [-0.15, -0.1) is 0 Å². The fraction of sp³-hybridized carbons (Fsp3) is 0.333. The molecule has 0 N–H and O–H groups in total. The molecular weight excluding hydrogens is 609 g/mol. The Labute approximate surface area is 272 Å². The Bertz CT molecular complexity index is 1800. The molecule has 248 valence electrons. The Hall–Kier alpha value is -4.77. The van der Waals surface area contributed by atoms with Gasteiger partial charge in [0.2, 0.25) is 0 Å². The van der Waals surface area contributed by atoms with Crippen LogP contribution in [0.15, 0.2) is 66.7 Å². The van der Waals surface area contributed by atoms with E-state index in [1.165, 1.54) is 26.4 Å². The van der Waals surface area contributed by atoms with Gasteiger partial charge in [-0.3, -0.25) is 9.59 Å². The van der Waals surface area contributed by atoms with E-state index in [9.17, 15) is 22.8 Å². The summed E-state index contributed by atoms with van der Waals surface area (Å²) in [6, 6.07) is 17.3. The maximum Gasteiger partial charge on any atom is 0.417 e. The number of carbonyl (C=O) groups excluding carboxylic acids is 2. The van der Waals surface area contributed by atoms with Crippen molar-refractivity contribution in [3.63, 3.8) is 0 Å². The number of rotatable bonds is 9. The number of carbonyl (C=O) groups is 2. The highest BCUT2D eigenvalue weighted by molar-refractivity contribution is 6.07. The van der Waals surface area contributed by atoms with Gasteiger partial charge in [0, 0.05) is 30.9 Å². The van der Waals surface area contributed by atoms with E-state index in [2.05, 4.69) is 4.90 Å². The normalized spacial score (nSPS) is 12.8. The van der Waals surface area contributed by atoms with Crippen LogP contribution in [0.3, 0.4) is 0 Å². The molecule has 0 bridgehead atoms. The molecule has 47 heavy (non-hydrogen) atoms. The lowest BCUT2D eigenvalue weighted by atomic mass is 9.94. The molecule has 1 aromatic heterocycles. The highest BCUT2D eigenvalue weighted by Gasteiger charge is 2.34. The minimum Gasteiger partial charge on any atom is -0.493 e. The van der Waals surface area contributed by atoms with E-state index in [4.69, 9.17) is 9.47 Å². The van der Waals surface area contributed by atoms with Crippen LogP contribution < -0.4 is 14.4 Å². The molecular formula is C36H39F3N4O4. The zero-order valence-electron chi connectivity index (χ0n) is 27.4. The largest absolute Gasteiger partial charge is 0.493 e. The molecule has 1 aliphatic rings. The summed E-state index contributed by atoms with van der Waals surface area (Å²) in [5, 5.41) is 0. The number of benzene rings is 3. The molecule has 1 aliphatic heterocycles. The molecule has 0 aliphatic carbocycles. The third-order valence-corrected chi connectivity index (χ3v) is 8.50. The summed E-state index contributed by atoms with van der Waals surface area (Å²) in [7, 11) is 8.81. The minimum atomic E-state index is -4.52. The molecule has 0 saturated carbocycles. The van der Waals surface area contributed by atoms with Crippen LogP contribution in [0.2, 0.25) is 0 Å². The summed E-state index contributed by atoms with van der Waals surface area (Å²) in [4.78, 5) is 33.3. The zero-order valence-corrected chi connectivity index (χ0v) is 27.4. The maximum absolute atomic E-state index is 14.3. The van der Waals surface area contributed by atoms with E-state index in [1.807, 2.05) is 24.7 Å². The summed E-state index contributed by atoms with van der Waals surface area (Å²) in [6.45, 7) is 3.59. The first-order valence-corrected chi connectivity index (χ1v) is 15.3. The molecule has 0 spiro atoms. The SMILES string of the molecule is COc1cc2c(cc1OC)N(C(=O)c1ccc(-c3ccccc3C(F)(F)F)c(C)c1)Cc1ccc(C(=O)N(C)CCCN(C)C)n1C2. The predicted octanol–water partition coefficient (Wildman–Crippen LogP) is 6.73. The Morgan fingerprint density at radius 1 is 0.851 bits per heavy atom. The first-order chi connectivity index (χ1) is 22.3. The Morgan fingerprint density at radius 2 is 1.55 bits per heavy atom. The molecule has 0 fully saturated rings. The molecule has 8 nitrogen and oxygen atoms in total. The van der Waals surface area contributed by atoms with Gasteiger partial charge in [-0.2, -0.15) is 13.2 Å². The van der Waals surface area contributed by atoms with Crippen molar-refractivity contribution in [2.75, 3.05) is 53.4 Å². The molecule has 0 saturated heterocycles. The van der Waals surface area contributed by atoms with Gasteiger partial charge in [0.15, 0.2) is 11.5 Å². The number of amides is 2.